The first-order chi connectivity index (χ1) is 11.1. The molecule has 1 N–H and O–H groups in total. The molecule has 0 radical (unpaired) electrons. The normalized spacial score (nSPS) is 10.5. The number of nitrogens with one attached hydrogen (secondary N) is 1. The Labute approximate surface area is 141 Å². The van der Waals surface area contributed by atoms with Crippen LogP contribution < -0.4 is 14.8 Å². The molecule has 0 unspecified atom stereocenters. The third-order valence-electron chi connectivity index (χ3n) is 3.03. The van der Waals surface area contributed by atoms with Crippen LogP contribution in [0.1, 0.15) is 0 Å². The molecule has 0 aliphatic heterocycles. The van der Waals surface area contributed by atoms with Crippen molar-refractivity contribution >= 4 is 44.2 Å². The third kappa shape index (κ3) is 3.91. The predicted molar refractivity (Wildman–Crippen MR) is 91.7 cm³/mol. The monoisotopic (exact) mass is 348 g/mol. The van der Waals surface area contributed by atoms with Crippen LogP contribution in [-0.2, 0) is 4.79 Å². The smallest absolute Gasteiger partial charge is 0.264 e. The number of thiazole rings is 1. The molecule has 5 nitrogen and oxygen atoms in total. The molecule has 0 spiro atoms. The SMILES string of the molecule is COc1ccc(OCC(=O)Nc2nc3ccc(Cl)cc3s2)cc1. The number of carbonyl (C=O) groups excluding carboxylic acids is 1. The van der Waals surface area contributed by atoms with Gasteiger partial charge in [-0.1, -0.05) is 22.9 Å². The molecular weight excluding hydrogens is 336 g/mol. The van der Waals surface area contributed by atoms with E-state index in [0.717, 1.165) is 16.0 Å². The minimum atomic E-state index is -0.272. The quantitative estimate of drug-likeness (QED) is 0.757. The lowest BCUT2D eigenvalue weighted by molar-refractivity contribution is -0.118. The maximum absolute atomic E-state index is 11.9. The number of hydrogen-bond acceptors (Lipinski definition) is 5. The highest BCUT2D eigenvalue weighted by Crippen LogP contribution is 2.28. The zero-order chi connectivity index (χ0) is 16.2. The van der Waals surface area contributed by atoms with Gasteiger partial charge in [-0.3, -0.25) is 10.1 Å². The topological polar surface area (TPSA) is 60.5 Å². The van der Waals surface area contributed by atoms with Crippen LogP contribution in [0, 0.1) is 0 Å². The zero-order valence-electron chi connectivity index (χ0n) is 12.2. The number of methoxy groups -OCH3 is 1. The van der Waals surface area contributed by atoms with E-state index in [-0.39, 0.29) is 12.5 Å². The Bertz CT molecular complexity index is 833. The Morgan fingerprint density at radius 1 is 1.22 bits per heavy atom. The van der Waals surface area contributed by atoms with Gasteiger partial charge in [0.05, 0.1) is 17.3 Å². The van der Waals surface area contributed by atoms with Crippen LogP contribution in [-0.4, -0.2) is 24.6 Å². The second-order valence-electron chi connectivity index (χ2n) is 4.64. The molecule has 0 atom stereocenters. The first kappa shape index (κ1) is 15.6. The first-order valence-corrected chi connectivity index (χ1v) is 7.96. The standard InChI is InChI=1S/C16H13ClN2O3S/c1-21-11-3-5-12(6-4-11)22-9-15(20)19-16-18-13-7-2-10(17)8-14(13)23-16/h2-8H,9H2,1H3,(H,18,19,20). The van der Waals surface area contributed by atoms with Crippen LogP contribution in [0.25, 0.3) is 10.2 Å². The number of hydrogen-bond donors (Lipinski definition) is 1. The number of benzene rings is 2. The van der Waals surface area contributed by atoms with Crippen molar-refractivity contribution in [2.45, 2.75) is 0 Å². The van der Waals surface area contributed by atoms with E-state index in [9.17, 15) is 4.79 Å². The second kappa shape index (κ2) is 6.85. The summed E-state index contributed by atoms with van der Waals surface area (Å²) < 4.78 is 11.4. The molecule has 7 heteroatoms. The summed E-state index contributed by atoms with van der Waals surface area (Å²) >= 11 is 7.30. The Morgan fingerprint density at radius 2 is 1.96 bits per heavy atom. The largest absolute Gasteiger partial charge is 0.497 e. The van der Waals surface area contributed by atoms with Gasteiger partial charge in [0.15, 0.2) is 11.7 Å². The highest BCUT2D eigenvalue weighted by Gasteiger charge is 2.09. The minimum absolute atomic E-state index is 0.0942. The van der Waals surface area contributed by atoms with E-state index in [1.807, 2.05) is 12.1 Å². The predicted octanol–water partition coefficient (Wildman–Crippen LogP) is 3.98. The highest BCUT2D eigenvalue weighted by atomic mass is 35.5. The Balaban J connectivity index is 1.59. The summed E-state index contributed by atoms with van der Waals surface area (Å²) in [5, 5.41) is 3.88. The Hall–Kier alpha value is -2.31. The molecule has 0 aliphatic carbocycles. The lowest BCUT2D eigenvalue weighted by Crippen LogP contribution is -2.19. The van der Waals surface area contributed by atoms with E-state index in [2.05, 4.69) is 10.3 Å². The van der Waals surface area contributed by atoms with Crippen molar-refractivity contribution in [2.75, 3.05) is 19.0 Å². The Morgan fingerprint density at radius 3 is 2.70 bits per heavy atom. The van der Waals surface area contributed by atoms with Gasteiger partial charge in [-0.2, -0.15) is 0 Å². The van der Waals surface area contributed by atoms with Gasteiger partial charge >= 0.3 is 0 Å². The fraction of sp³-hybridized carbons (Fsp3) is 0.125. The van der Waals surface area contributed by atoms with E-state index in [1.54, 1.807) is 37.4 Å². The molecule has 1 amide bonds. The zero-order valence-corrected chi connectivity index (χ0v) is 13.8. The minimum Gasteiger partial charge on any atom is -0.497 e. The van der Waals surface area contributed by atoms with Gasteiger partial charge in [0.2, 0.25) is 0 Å². The fourth-order valence-electron chi connectivity index (χ4n) is 1.93. The maximum atomic E-state index is 11.9. The van der Waals surface area contributed by atoms with Gasteiger partial charge < -0.3 is 9.47 Å². The maximum Gasteiger partial charge on any atom is 0.264 e. The molecule has 3 rings (SSSR count). The Kier molecular flexibility index (Phi) is 4.64. The van der Waals surface area contributed by atoms with E-state index < -0.39 is 0 Å². The highest BCUT2D eigenvalue weighted by molar-refractivity contribution is 7.22. The molecule has 1 aromatic heterocycles. The van der Waals surface area contributed by atoms with Crippen LogP contribution in [0.2, 0.25) is 5.02 Å². The number of ether oxygens (including phenoxy) is 2. The molecule has 0 bridgehead atoms. The molecule has 0 saturated carbocycles. The second-order valence-corrected chi connectivity index (χ2v) is 6.11. The van der Waals surface area contributed by atoms with Crippen molar-refractivity contribution in [1.82, 2.24) is 4.98 Å². The van der Waals surface area contributed by atoms with Crippen molar-refractivity contribution in [3.8, 4) is 11.5 Å². The average molecular weight is 349 g/mol. The molecule has 0 saturated heterocycles. The molecule has 118 valence electrons. The summed E-state index contributed by atoms with van der Waals surface area (Å²) in [6.45, 7) is -0.0942. The number of halogens is 1. The summed E-state index contributed by atoms with van der Waals surface area (Å²) in [7, 11) is 1.59. The van der Waals surface area contributed by atoms with Crippen LogP contribution in [0.5, 0.6) is 11.5 Å². The fourth-order valence-corrected chi connectivity index (χ4v) is 3.09. The number of anilines is 1. The number of aromatic nitrogens is 1. The molecule has 0 fully saturated rings. The van der Waals surface area contributed by atoms with Crippen molar-refractivity contribution < 1.29 is 14.3 Å². The van der Waals surface area contributed by atoms with Crippen LogP contribution in [0.3, 0.4) is 0 Å². The molecule has 23 heavy (non-hydrogen) atoms. The van der Waals surface area contributed by atoms with Crippen LogP contribution >= 0.6 is 22.9 Å². The van der Waals surface area contributed by atoms with Gasteiger partial charge in [0, 0.05) is 5.02 Å². The van der Waals surface area contributed by atoms with Crippen molar-refractivity contribution in [3.05, 3.63) is 47.5 Å². The van der Waals surface area contributed by atoms with Gasteiger partial charge in [-0.15, -0.1) is 0 Å². The molecule has 1 heterocycles. The number of carbonyl (C=O) groups is 1. The summed E-state index contributed by atoms with van der Waals surface area (Å²) in [5.41, 5.74) is 0.797. The van der Waals surface area contributed by atoms with Gasteiger partial charge in [0.25, 0.3) is 5.91 Å². The summed E-state index contributed by atoms with van der Waals surface area (Å²) in [6.07, 6.45) is 0. The number of rotatable bonds is 5. The molecule has 2 aromatic carbocycles. The number of nitrogens with zero attached hydrogens (tertiary/aromatic N) is 1. The van der Waals surface area contributed by atoms with E-state index in [4.69, 9.17) is 21.1 Å². The molecule has 3 aromatic rings. The lowest BCUT2D eigenvalue weighted by Gasteiger charge is -2.06. The van der Waals surface area contributed by atoms with Crippen LogP contribution in [0.4, 0.5) is 5.13 Å². The van der Waals surface area contributed by atoms with Gasteiger partial charge in [-0.25, -0.2) is 4.98 Å². The van der Waals surface area contributed by atoms with Crippen molar-refractivity contribution in [2.24, 2.45) is 0 Å². The van der Waals surface area contributed by atoms with E-state index in [1.165, 1.54) is 11.3 Å². The van der Waals surface area contributed by atoms with E-state index >= 15 is 0 Å². The van der Waals surface area contributed by atoms with Crippen molar-refractivity contribution in [1.29, 1.82) is 0 Å². The number of amides is 1. The lowest BCUT2D eigenvalue weighted by atomic mass is 10.3. The van der Waals surface area contributed by atoms with Crippen LogP contribution in [0.15, 0.2) is 42.5 Å². The van der Waals surface area contributed by atoms with E-state index in [0.29, 0.717) is 15.9 Å². The summed E-state index contributed by atoms with van der Waals surface area (Å²) in [6, 6.07) is 12.4. The summed E-state index contributed by atoms with van der Waals surface area (Å²) in [5.74, 6) is 1.05. The summed E-state index contributed by atoms with van der Waals surface area (Å²) in [4.78, 5) is 16.3. The third-order valence-corrected chi connectivity index (χ3v) is 4.19. The molecular formula is C16H13ClN2O3S. The van der Waals surface area contributed by atoms with Crippen molar-refractivity contribution in [3.63, 3.8) is 0 Å². The van der Waals surface area contributed by atoms with Gasteiger partial charge in [0.1, 0.15) is 11.5 Å². The average Bonchev–Trinajstić information content (AvgIpc) is 2.94. The number of fused-ring (bicyclic) bond motifs is 1. The first-order valence-electron chi connectivity index (χ1n) is 6.77. The van der Waals surface area contributed by atoms with Gasteiger partial charge in [-0.05, 0) is 42.5 Å². The molecule has 0 aliphatic rings.